The van der Waals surface area contributed by atoms with Crippen LogP contribution in [-0.4, -0.2) is 11.0 Å². The van der Waals surface area contributed by atoms with Crippen LogP contribution in [0.5, 0.6) is 5.75 Å². The predicted octanol–water partition coefficient (Wildman–Crippen LogP) is 4.33. The van der Waals surface area contributed by atoms with Crippen LogP contribution in [0.15, 0.2) is 72.9 Å². The molecule has 126 valence electrons. The molecule has 0 spiro atoms. The summed E-state index contributed by atoms with van der Waals surface area (Å²) < 4.78 is 11.2. The third-order valence-electron chi connectivity index (χ3n) is 3.67. The highest BCUT2D eigenvalue weighted by Gasteiger charge is 2.15. The van der Waals surface area contributed by atoms with E-state index in [-0.39, 0.29) is 6.61 Å². The highest BCUT2D eigenvalue weighted by Crippen LogP contribution is 2.21. The number of aryl methyl sites for hydroxylation is 1. The summed E-state index contributed by atoms with van der Waals surface area (Å²) in [6.07, 6.45) is 1.50. The van der Waals surface area contributed by atoms with Crippen LogP contribution >= 0.6 is 0 Å². The van der Waals surface area contributed by atoms with Crippen LogP contribution in [0.3, 0.4) is 0 Å². The molecule has 1 heterocycles. The summed E-state index contributed by atoms with van der Waals surface area (Å²) >= 11 is 0. The largest absolute Gasteiger partial charge is 0.488 e. The zero-order chi connectivity index (χ0) is 17.5. The van der Waals surface area contributed by atoms with Crippen LogP contribution in [0, 0.1) is 6.92 Å². The van der Waals surface area contributed by atoms with Gasteiger partial charge in [-0.05, 0) is 18.1 Å². The fraction of sp³-hybridized carbons (Fsp3) is 0.143. The third-order valence-corrected chi connectivity index (χ3v) is 3.67. The van der Waals surface area contributed by atoms with Crippen molar-refractivity contribution in [2.75, 3.05) is 0 Å². The summed E-state index contributed by atoms with van der Waals surface area (Å²) in [6, 6.07) is 21.1. The van der Waals surface area contributed by atoms with Gasteiger partial charge >= 0.3 is 5.97 Å². The average Bonchev–Trinajstić information content (AvgIpc) is 2.66. The lowest BCUT2D eigenvalue weighted by molar-refractivity contribution is 0.0467. The molecular formula is C21H19NO3. The van der Waals surface area contributed by atoms with Crippen LogP contribution in [0.2, 0.25) is 0 Å². The Morgan fingerprint density at radius 1 is 0.920 bits per heavy atom. The summed E-state index contributed by atoms with van der Waals surface area (Å²) in [6.45, 7) is 2.45. The molecule has 0 saturated carbocycles. The number of pyridine rings is 1. The maximum atomic E-state index is 12.4. The number of esters is 1. The van der Waals surface area contributed by atoms with Crippen molar-refractivity contribution >= 4 is 5.97 Å². The lowest BCUT2D eigenvalue weighted by Crippen LogP contribution is -2.09. The number of carbonyl (C=O) groups is 1. The number of carbonyl (C=O) groups excluding carboxylic acids is 1. The van der Waals surface area contributed by atoms with E-state index in [0.717, 1.165) is 16.8 Å². The monoisotopic (exact) mass is 333 g/mol. The molecule has 0 aliphatic rings. The van der Waals surface area contributed by atoms with Gasteiger partial charge in [0.2, 0.25) is 0 Å². The van der Waals surface area contributed by atoms with Crippen molar-refractivity contribution in [3.63, 3.8) is 0 Å². The Labute approximate surface area is 147 Å². The molecule has 3 aromatic rings. The Kier molecular flexibility index (Phi) is 5.42. The molecule has 0 atom stereocenters. The molecule has 25 heavy (non-hydrogen) atoms. The summed E-state index contributed by atoms with van der Waals surface area (Å²) in [4.78, 5) is 16.6. The van der Waals surface area contributed by atoms with E-state index in [4.69, 9.17) is 9.47 Å². The number of hydrogen-bond donors (Lipinski definition) is 0. The van der Waals surface area contributed by atoms with E-state index in [0.29, 0.717) is 17.9 Å². The molecule has 1 aromatic heterocycles. The van der Waals surface area contributed by atoms with E-state index in [1.54, 1.807) is 6.07 Å². The summed E-state index contributed by atoms with van der Waals surface area (Å²) in [5.41, 5.74) is 3.07. The van der Waals surface area contributed by atoms with E-state index >= 15 is 0 Å². The Morgan fingerprint density at radius 3 is 2.16 bits per heavy atom. The van der Waals surface area contributed by atoms with Crippen molar-refractivity contribution in [3.05, 3.63) is 95.3 Å². The molecule has 0 amide bonds. The maximum absolute atomic E-state index is 12.4. The first-order chi connectivity index (χ1) is 12.2. The molecular weight excluding hydrogens is 314 g/mol. The van der Waals surface area contributed by atoms with Crippen LogP contribution in [0.25, 0.3) is 0 Å². The minimum absolute atomic E-state index is 0.214. The number of ether oxygens (including phenoxy) is 2. The molecule has 0 saturated heterocycles. The molecule has 4 heteroatoms. The van der Waals surface area contributed by atoms with Gasteiger partial charge in [0.05, 0.1) is 0 Å². The van der Waals surface area contributed by atoms with Gasteiger partial charge in [-0.3, -0.25) is 4.98 Å². The lowest BCUT2D eigenvalue weighted by atomic mass is 10.2. The highest BCUT2D eigenvalue weighted by atomic mass is 16.5. The summed E-state index contributed by atoms with van der Waals surface area (Å²) in [5.74, 6) is 0.0360. The van der Waals surface area contributed by atoms with E-state index in [9.17, 15) is 4.79 Å². The van der Waals surface area contributed by atoms with Crippen LogP contribution < -0.4 is 4.74 Å². The Hall–Kier alpha value is -3.14. The van der Waals surface area contributed by atoms with Crippen molar-refractivity contribution in [3.8, 4) is 5.75 Å². The third kappa shape index (κ3) is 4.67. The van der Waals surface area contributed by atoms with Crippen molar-refractivity contribution in [2.45, 2.75) is 20.1 Å². The Morgan fingerprint density at radius 2 is 1.52 bits per heavy atom. The second kappa shape index (κ2) is 8.11. The molecule has 0 N–H and O–H groups in total. The smallest absolute Gasteiger partial charge is 0.343 e. The minimum atomic E-state index is -0.445. The van der Waals surface area contributed by atoms with Crippen molar-refractivity contribution in [1.82, 2.24) is 4.98 Å². The van der Waals surface area contributed by atoms with Gasteiger partial charge in [-0.15, -0.1) is 0 Å². The number of benzene rings is 2. The normalized spacial score (nSPS) is 10.3. The van der Waals surface area contributed by atoms with Gasteiger partial charge in [0.15, 0.2) is 0 Å². The first-order valence-corrected chi connectivity index (χ1v) is 8.07. The molecule has 0 bridgehead atoms. The van der Waals surface area contributed by atoms with E-state index in [1.165, 1.54) is 6.20 Å². The fourth-order valence-corrected chi connectivity index (χ4v) is 2.34. The summed E-state index contributed by atoms with van der Waals surface area (Å²) in [7, 11) is 0. The standard InChI is InChI=1S/C21H19NO3/c1-16-12-20(24-14-17-8-4-2-5-9-17)19(13-22-16)21(23)25-15-18-10-6-3-7-11-18/h2-13H,14-15H2,1H3. The van der Waals surface area contributed by atoms with Gasteiger partial charge in [0.25, 0.3) is 0 Å². The van der Waals surface area contributed by atoms with Gasteiger partial charge in [-0.25, -0.2) is 4.79 Å². The first-order valence-electron chi connectivity index (χ1n) is 8.07. The van der Waals surface area contributed by atoms with Gasteiger partial charge in [0, 0.05) is 18.0 Å². The zero-order valence-corrected chi connectivity index (χ0v) is 14.0. The molecule has 0 aliphatic carbocycles. The SMILES string of the molecule is Cc1cc(OCc2ccccc2)c(C(=O)OCc2ccccc2)cn1. The second-order valence-corrected chi connectivity index (χ2v) is 5.66. The number of aromatic nitrogens is 1. The van der Waals surface area contributed by atoms with Crippen LogP contribution in [0.1, 0.15) is 27.2 Å². The fourth-order valence-electron chi connectivity index (χ4n) is 2.34. The van der Waals surface area contributed by atoms with Gasteiger partial charge in [-0.1, -0.05) is 60.7 Å². The van der Waals surface area contributed by atoms with Crippen molar-refractivity contribution in [1.29, 1.82) is 0 Å². The maximum Gasteiger partial charge on any atom is 0.343 e. The van der Waals surface area contributed by atoms with E-state index in [2.05, 4.69) is 4.98 Å². The predicted molar refractivity (Wildman–Crippen MR) is 95.3 cm³/mol. The van der Waals surface area contributed by atoms with E-state index < -0.39 is 5.97 Å². The molecule has 2 aromatic carbocycles. The zero-order valence-electron chi connectivity index (χ0n) is 14.0. The van der Waals surface area contributed by atoms with Gasteiger partial charge in [0.1, 0.15) is 24.5 Å². The molecule has 0 aliphatic heterocycles. The molecule has 0 unspecified atom stereocenters. The topological polar surface area (TPSA) is 48.4 Å². The average molecular weight is 333 g/mol. The molecule has 0 fully saturated rings. The second-order valence-electron chi connectivity index (χ2n) is 5.66. The lowest BCUT2D eigenvalue weighted by Gasteiger charge is -2.12. The Bertz CT molecular complexity index is 832. The molecule has 0 radical (unpaired) electrons. The number of hydrogen-bond acceptors (Lipinski definition) is 4. The number of nitrogens with zero attached hydrogens (tertiary/aromatic N) is 1. The molecule has 3 rings (SSSR count). The van der Waals surface area contributed by atoms with Crippen LogP contribution in [0.4, 0.5) is 0 Å². The van der Waals surface area contributed by atoms with E-state index in [1.807, 2.05) is 67.6 Å². The highest BCUT2D eigenvalue weighted by molar-refractivity contribution is 5.92. The number of rotatable bonds is 6. The van der Waals surface area contributed by atoms with Gasteiger partial charge < -0.3 is 9.47 Å². The van der Waals surface area contributed by atoms with Crippen LogP contribution in [-0.2, 0) is 18.0 Å². The first kappa shape index (κ1) is 16.7. The summed E-state index contributed by atoms with van der Waals surface area (Å²) in [5, 5.41) is 0. The minimum Gasteiger partial charge on any atom is -0.488 e. The Balaban J connectivity index is 1.70. The molecule has 4 nitrogen and oxygen atoms in total. The van der Waals surface area contributed by atoms with Crippen molar-refractivity contribution < 1.29 is 14.3 Å². The van der Waals surface area contributed by atoms with Crippen molar-refractivity contribution in [2.24, 2.45) is 0 Å². The van der Waals surface area contributed by atoms with Gasteiger partial charge in [-0.2, -0.15) is 0 Å². The quantitative estimate of drug-likeness (QED) is 0.630.